The number of rotatable bonds is 5. The van der Waals surface area contributed by atoms with Crippen molar-refractivity contribution in [2.75, 3.05) is 6.54 Å². The van der Waals surface area contributed by atoms with Crippen LogP contribution < -0.4 is 11.1 Å². The lowest BCUT2D eigenvalue weighted by atomic mass is 10.3. The van der Waals surface area contributed by atoms with Crippen LogP contribution in [0.25, 0.3) is 0 Å². The van der Waals surface area contributed by atoms with Crippen molar-refractivity contribution in [1.82, 2.24) is 14.9 Å². The number of amidine groups is 1. The summed E-state index contributed by atoms with van der Waals surface area (Å²) in [7, 11) is 0. The van der Waals surface area contributed by atoms with Crippen LogP contribution in [0.2, 0.25) is 0 Å². The fourth-order valence-corrected chi connectivity index (χ4v) is 1.71. The third-order valence-electron chi connectivity index (χ3n) is 1.89. The molecule has 0 aliphatic carbocycles. The second-order valence-electron chi connectivity index (χ2n) is 3.00. The number of hydrogen-bond acceptors (Lipinski definition) is 6. The number of oxime groups is 1. The van der Waals surface area contributed by atoms with E-state index in [1.165, 1.54) is 0 Å². The second kappa shape index (κ2) is 6.01. The van der Waals surface area contributed by atoms with Crippen molar-refractivity contribution in [3.63, 3.8) is 0 Å². The summed E-state index contributed by atoms with van der Waals surface area (Å²) >= 11 is 1.06. The molecule has 0 aliphatic rings. The maximum absolute atomic E-state index is 11.6. The number of hydrogen-bond donors (Lipinski definition) is 3. The number of nitrogens with zero attached hydrogens (tertiary/aromatic N) is 3. The molecule has 0 spiro atoms. The van der Waals surface area contributed by atoms with Crippen LogP contribution in [0, 0.1) is 0 Å². The zero-order chi connectivity index (χ0) is 12.0. The average Bonchev–Trinajstić information content (AvgIpc) is 2.76. The van der Waals surface area contributed by atoms with Crippen molar-refractivity contribution in [3.05, 3.63) is 10.6 Å². The molecular weight excluding hydrogens is 230 g/mol. The van der Waals surface area contributed by atoms with Gasteiger partial charge >= 0.3 is 0 Å². The molecule has 0 aliphatic heterocycles. The maximum Gasteiger partial charge on any atom is 0.264 e. The number of aromatic nitrogens is 2. The minimum Gasteiger partial charge on any atom is -0.409 e. The van der Waals surface area contributed by atoms with Gasteiger partial charge in [0, 0.05) is 13.0 Å². The van der Waals surface area contributed by atoms with Crippen molar-refractivity contribution < 1.29 is 10.0 Å². The van der Waals surface area contributed by atoms with Crippen LogP contribution in [-0.4, -0.2) is 33.1 Å². The van der Waals surface area contributed by atoms with E-state index in [0.29, 0.717) is 30.0 Å². The third kappa shape index (κ3) is 3.16. The summed E-state index contributed by atoms with van der Waals surface area (Å²) < 4.78 is 3.72. The lowest BCUT2D eigenvalue weighted by Gasteiger charge is -2.02. The van der Waals surface area contributed by atoms with Gasteiger partial charge in [-0.3, -0.25) is 4.79 Å². The minimum atomic E-state index is -0.224. The highest BCUT2D eigenvalue weighted by molar-refractivity contribution is 7.08. The molecule has 0 radical (unpaired) electrons. The maximum atomic E-state index is 11.6. The molecule has 1 aromatic rings. The van der Waals surface area contributed by atoms with E-state index in [1.807, 2.05) is 6.92 Å². The smallest absolute Gasteiger partial charge is 0.264 e. The molecule has 1 aromatic heterocycles. The summed E-state index contributed by atoms with van der Waals surface area (Å²) in [6.07, 6.45) is 0.968. The van der Waals surface area contributed by atoms with E-state index in [1.54, 1.807) is 0 Å². The molecule has 0 bridgehead atoms. The van der Waals surface area contributed by atoms with E-state index >= 15 is 0 Å². The Bertz CT molecular complexity index is 390. The van der Waals surface area contributed by atoms with E-state index in [9.17, 15) is 4.79 Å². The zero-order valence-corrected chi connectivity index (χ0v) is 9.62. The van der Waals surface area contributed by atoms with Crippen LogP contribution in [0.3, 0.4) is 0 Å². The highest BCUT2D eigenvalue weighted by Gasteiger charge is 2.14. The lowest BCUT2D eigenvalue weighted by molar-refractivity contribution is 0.0957. The summed E-state index contributed by atoms with van der Waals surface area (Å²) in [5.74, 6) is -0.143. The van der Waals surface area contributed by atoms with E-state index in [2.05, 4.69) is 20.1 Å². The summed E-state index contributed by atoms with van der Waals surface area (Å²) in [5.41, 5.74) is 5.95. The van der Waals surface area contributed by atoms with Crippen molar-refractivity contribution in [2.45, 2.75) is 19.8 Å². The van der Waals surface area contributed by atoms with Gasteiger partial charge in [0.25, 0.3) is 5.91 Å². The minimum absolute atomic E-state index is 0.0819. The SMILES string of the molecule is CCc1nnsc1C(=O)NCCC(N)=NO. The zero-order valence-electron chi connectivity index (χ0n) is 8.80. The highest BCUT2D eigenvalue weighted by atomic mass is 32.1. The molecule has 0 unspecified atom stereocenters. The molecule has 0 saturated carbocycles. The Morgan fingerprint density at radius 3 is 3.06 bits per heavy atom. The Morgan fingerprint density at radius 2 is 2.44 bits per heavy atom. The molecule has 8 heteroatoms. The molecule has 0 atom stereocenters. The molecule has 1 amide bonds. The van der Waals surface area contributed by atoms with Gasteiger partial charge in [-0.25, -0.2) is 0 Å². The molecule has 0 aromatic carbocycles. The van der Waals surface area contributed by atoms with Crippen LogP contribution in [0.5, 0.6) is 0 Å². The van der Waals surface area contributed by atoms with Gasteiger partial charge < -0.3 is 16.3 Å². The van der Waals surface area contributed by atoms with Gasteiger partial charge in [0.1, 0.15) is 10.7 Å². The first-order chi connectivity index (χ1) is 7.69. The molecule has 88 valence electrons. The molecule has 1 heterocycles. The first kappa shape index (κ1) is 12.4. The monoisotopic (exact) mass is 243 g/mol. The molecule has 0 fully saturated rings. The van der Waals surface area contributed by atoms with E-state index in [4.69, 9.17) is 10.9 Å². The van der Waals surface area contributed by atoms with Crippen LogP contribution in [0.4, 0.5) is 0 Å². The fraction of sp³-hybridized carbons (Fsp3) is 0.500. The Morgan fingerprint density at radius 1 is 1.69 bits per heavy atom. The number of aryl methyl sites for hydroxylation is 1. The standard InChI is InChI=1S/C8H13N5O2S/c1-2-5-7(16-13-11-5)8(14)10-4-3-6(9)12-15/h15H,2-4H2,1H3,(H2,9,12)(H,10,14). The summed E-state index contributed by atoms with van der Waals surface area (Å²) in [4.78, 5) is 12.1. The third-order valence-corrected chi connectivity index (χ3v) is 2.66. The fourth-order valence-electron chi connectivity index (χ4n) is 1.05. The second-order valence-corrected chi connectivity index (χ2v) is 3.75. The Kier molecular flexibility index (Phi) is 4.65. The van der Waals surface area contributed by atoms with Crippen LogP contribution in [-0.2, 0) is 6.42 Å². The molecule has 4 N–H and O–H groups in total. The Balaban J connectivity index is 2.47. The molecule has 16 heavy (non-hydrogen) atoms. The van der Waals surface area contributed by atoms with E-state index < -0.39 is 0 Å². The Labute approximate surface area is 96.5 Å². The average molecular weight is 243 g/mol. The topological polar surface area (TPSA) is 113 Å². The number of nitrogens with one attached hydrogen (secondary N) is 1. The van der Waals surface area contributed by atoms with Crippen LogP contribution in [0.15, 0.2) is 5.16 Å². The van der Waals surface area contributed by atoms with Crippen molar-refractivity contribution in [3.8, 4) is 0 Å². The summed E-state index contributed by atoms with van der Waals surface area (Å²) in [5, 5.41) is 17.6. The van der Waals surface area contributed by atoms with Crippen LogP contribution in [0.1, 0.15) is 28.7 Å². The van der Waals surface area contributed by atoms with E-state index in [-0.39, 0.29) is 11.7 Å². The predicted molar refractivity (Wildman–Crippen MR) is 59.6 cm³/mol. The number of carbonyl (C=O) groups excluding carboxylic acids is 1. The Hall–Kier alpha value is -1.70. The van der Waals surface area contributed by atoms with Gasteiger partial charge in [-0.15, -0.1) is 5.10 Å². The predicted octanol–water partition coefficient (Wildman–Crippen LogP) is -0.0332. The van der Waals surface area contributed by atoms with Crippen molar-refractivity contribution >= 4 is 23.3 Å². The van der Waals surface area contributed by atoms with Gasteiger partial charge in [0.15, 0.2) is 0 Å². The number of nitrogens with two attached hydrogens (primary N) is 1. The molecule has 7 nitrogen and oxygen atoms in total. The van der Waals surface area contributed by atoms with Crippen molar-refractivity contribution in [1.29, 1.82) is 0 Å². The molecule has 1 rings (SSSR count). The van der Waals surface area contributed by atoms with Gasteiger partial charge in [-0.1, -0.05) is 16.6 Å². The largest absolute Gasteiger partial charge is 0.409 e. The first-order valence-electron chi connectivity index (χ1n) is 4.74. The van der Waals surface area contributed by atoms with E-state index in [0.717, 1.165) is 11.5 Å². The number of amides is 1. The lowest BCUT2D eigenvalue weighted by Crippen LogP contribution is -2.28. The first-order valence-corrected chi connectivity index (χ1v) is 5.52. The van der Waals surface area contributed by atoms with Gasteiger partial charge in [-0.2, -0.15) is 0 Å². The van der Waals surface area contributed by atoms with Gasteiger partial charge in [0.2, 0.25) is 0 Å². The van der Waals surface area contributed by atoms with Gasteiger partial charge in [-0.05, 0) is 18.0 Å². The highest BCUT2D eigenvalue weighted by Crippen LogP contribution is 2.10. The normalized spacial score (nSPS) is 11.4. The number of carbonyl (C=O) groups is 1. The quantitative estimate of drug-likeness (QED) is 0.291. The molecule has 0 saturated heterocycles. The van der Waals surface area contributed by atoms with Crippen molar-refractivity contribution in [2.24, 2.45) is 10.9 Å². The molecular formula is C8H13N5O2S. The van der Waals surface area contributed by atoms with Gasteiger partial charge in [0.05, 0.1) is 5.69 Å². The summed E-state index contributed by atoms with van der Waals surface area (Å²) in [6, 6.07) is 0. The summed E-state index contributed by atoms with van der Waals surface area (Å²) in [6.45, 7) is 2.22. The van der Waals surface area contributed by atoms with Crippen LogP contribution >= 0.6 is 11.5 Å².